The number of imidazole rings is 1. The third-order valence-corrected chi connectivity index (χ3v) is 3.56. The Balaban J connectivity index is 1.93. The van der Waals surface area contributed by atoms with E-state index in [4.69, 9.17) is 5.11 Å². The second kappa shape index (κ2) is 6.79. The largest absolute Gasteiger partial charge is 0.480 e. The molecule has 2 rings (SSSR count). The summed E-state index contributed by atoms with van der Waals surface area (Å²) in [6.07, 6.45) is 3.78. The molecule has 0 aromatic carbocycles. The number of carboxylic acids is 1. The quantitative estimate of drug-likeness (QED) is 0.619. The lowest BCUT2D eigenvalue weighted by Gasteiger charge is -2.13. The lowest BCUT2D eigenvalue weighted by Crippen LogP contribution is -2.44. The molecule has 2 heterocycles. The molecule has 1 atom stereocenters. The van der Waals surface area contributed by atoms with Gasteiger partial charge in [-0.05, 0) is 6.42 Å². The minimum absolute atomic E-state index is 0.110. The van der Waals surface area contributed by atoms with Gasteiger partial charge in [0.25, 0.3) is 0 Å². The number of aliphatic carboxylic acids is 1. The Labute approximate surface area is 123 Å². The van der Waals surface area contributed by atoms with E-state index < -0.39 is 18.0 Å². The highest BCUT2D eigenvalue weighted by molar-refractivity contribution is 7.15. The van der Waals surface area contributed by atoms with Crippen LogP contribution >= 0.6 is 11.3 Å². The van der Waals surface area contributed by atoms with Gasteiger partial charge in [-0.3, -0.25) is 5.32 Å². The van der Waals surface area contributed by atoms with E-state index in [1.165, 1.54) is 23.9 Å². The molecule has 0 unspecified atom stereocenters. The average Bonchev–Trinajstić information content (AvgIpc) is 3.09. The fourth-order valence-corrected chi connectivity index (χ4v) is 2.23. The number of aromatic amines is 1. The maximum absolute atomic E-state index is 11.8. The SMILES string of the molecule is CCc1nnc(NC(=O)N[C@H](Cc2cnc[nH]2)C(=O)O)s1. The molecular weight excluding hydrogens is 296 g/mol. The number of urea groups is 1. The van der Waals surface area contributed by atoms with Crippen molar-refractivity contribution in [3.05, 3.63) is 23.2 Å². The Morgan fingerprint density at radius 1 is 1.48 bits per heavy atom. The smallest absolute Gasteiger partial charge is 0.326 e. The third-order valence-electron chi connectivity index (χ3n) is 2.57. The maximum Gasteiger partial charge on any atom is 0.326 e. The number of carbonyl (C=O) groups is 2. The second-order valence-corrected chi connectivity index (χ2v) is 5.19. The molecule has 9 nitrogen and oxygen atoms in total. The van der Waals surface area contributed by atoms with Crippen LogP contribution in [0.2, 0.25) is 0 Å². The number of rotatable bonds is 6. The summed E-state index contributed by atoms with van der Waals surface area (Å²) >= 11 is 1.24. The third kappa shape index (κ3) is 4.24. The van der Waals surface area contributed by atoms with E-state index in [2.05, 4.69) is 30.8 Å². The normalized spacial score (nSPS) is 11.9. The summed E-state index contributed by atoms with van der Waals surface area (Å²) in [4.78, 5) is 29.5. The molecule has 2 aromatic rings. The van der Waals surface area contributed by atoms with E-state index in [1.807, 2.05) is 6.92 Å². The van der Waals surface area contributed by atoms with Gasteiger partial charge in [0, 0.05) is 18.3 Å². The van der Waals surface area contributed by atoms with Crippen LogP contribution in [-0.4, -0.2) is 43.3 Å². The van der Waals surface area contributed by atoms with Gasteiger partial charge in [0.2, 0.25) is 5.13 Å². The predicted molar refractivity (Wildman–Crippen MR) is 75.2 cm³/mol. The highest BCUT2D eigenvalue weighted by Crippen LogP contribution is 2.15. The van der Waals surface area contributed by atoms with Gasteiger partial charge < -0.3 is 15.4 Å². The van der Waals surface area contributed by atoms with Crippen molar-refractivity contribution in [3.8, 4) is 0 Å². The number of nitrogens with zero attached hydrogens (tertiary/aromatic N) is 3. The maximum atomic E-state index is 11.8. The van der Waals surface area contributed by atoms with Gasteiger partial charge in [-0.2, -0.15) is 0 Å². The first-order chi connectivity index (χ1) is 10.1. The molecule has 21 heavy (non-hydrogen) atoms. The topological polar surface area (TPSA) is 133 Å². The second-order valence-electron chi connectivity index (χ2n) is 4.12. The molecule has 0 spiro atoms. The summed E-state index contributed by atoms with van der Waals surface area (Å²) in [5, 5.41) is 22.7. The molecule has 0 bridgehead atoms. The summed E-state index contributed by atoms with van der Waals surface area (Å²) in [5.74, 6) is -1.13. The summed E-state index contributed by atoms with van der Waals surface area (Å²) in [6, 6.07) is -1.70. The van der Waals surface area contributed by atoms with E-state index in [-0.39, 0.29) is 6.42 Å². The van der Waals surface area contributed by atoms with Crippen LogP contribution in [0.15, 0.2) is 12.5 Å². The van der Waals surface area contributed by atoms with Gasteiger partial charge in [0.1, 0.15) is 11.0 Å². The first-order valence-electron chi connectivity index (χ1n) is 6.18. The Hall–Kier alpha value is -2.49. The predicted octanol–water partition coefficient (Wildman–Crippen LogP) is 0.641. The molecule has 2 amide bonds. The Morgan fingerprint density at radius 3 is 2.86 bits per heavy atom. The summed E-state index contributed by atoms with van der Waals surface area (Å²) in [7, 11) is 0. The van der Waals surface area contributed by atoms with E-state index in [1.54, 1.807) is 0 Å². The zero-order chi connectivity index (χ0) is 15.2. The highest BCUT2D eigenvalue weighted by atomic mass is 32.1. The molecule has 2 aromatic heterocycles. The standard InChI is InChI=1S/C11H14N6O3S/c1-2-8-16-17-11(21-8)15-10(20)14-7(9(18)19)3-6-4-12-5-13-6/h4-5,7H,2-3H2,1H3,(H,12,13)(H,18,19)(H2,14,15,17,20)/t7-/m1/s1. The molecule has 0 aliphatic heterocycles. The van der Waals surface area contributed by atoms with E-state index in [0.717, 1.165) is 11.4 Å². The van der Waals surface area contributed by atoms with Crippen LogP contribution in [0, 0.1) is 0 Å². The van der Waals surface area contributed by atoms with Gasteiger partial charge in [-0.25, -0.2) is 14.6 Å². The number of hydrogen-bond acceptors (Lipinski definition) is 6. The van der Waals surface area contributed by atoms with Gasteiger partial charge in [-0.15, -0.1) is 10.2 Å². The number of carboxylic acid groups (broad SMARTS) is 1. The van der Waals surface area contributed by atoms with E-state index in [9.17, 15) is 9.59 Å². The fraction of sp³-hybridized carbons (Fsp3) is 0.364. The van der Waals surface area contributed by atoms with Gasteiger partial charge in [0.15, 0.2) is 0 Å². The summed E-state index contributed by atoms with van der Waals surface area (Å²) < 4.78 is 0. The Kier molecular flexibility index (Phi) is 4.82. The van der Waals surface area contributed by atoms with Crippen molar-refractivity contribution in [1.82, 2.24) is 25.5 Å². The number of aryl methyl sites for hydroxylation is 1. The van der Waals surface area contributed by atoms with Gasteiger partial charge in [0.05, 0.1) is 6.33 Å². The van der Waals surface area contributed by atoms with Crippen LogP contribution < -0.4 is 10.6 Å². The highest BCUT2D eigenvalue weighted by Gasteiger charge is 2.21. The summed E-state index contributed by atoms with van der Waals surface area (Å²) in [6.45, 7) is 1.93. The van der Waals surface area contributed by atoms with Crippen LogP contribution in [0.3, 0.4) is 0 Å². The minimum atomic E-state index is -1.13. The number of hydrogen-bond donors (Lipinski definition) is 4. The Morgan fingerprint density at radius 2 is 2.29 bits per heavy atom. The molecule has 0 aliphatic carbocycles. The van der Waals surface area contributed by atoms with Crippen LogP contribution in [0.5, 0.6) is 0 Å². The first-order valence-corrected chi connectivity index (χ1v) is 7.00. The number of H-pyrrole nitrogens is 1. The van der Waals surface area contributed by atoms with Gasteiger partial charge in [-0.1, -0.05) is 18.3 Å². The van der Waals surface area contributed by atoms with Crippen LogP contribution in [-0.2, 0) is 17.6 Å². The van der Waals surface area contributed by atoms with Crippen LogP contribution in [0.4, 0.5) is 9.93 Å². The van der Waals surface area contributed by atoms with Crippen molar-refractivity contribution in [2.75, 3.05) is 5.32 Å². The summed E-state index contributed by atoms with van der Waals surface area (Å²) in [5.41, 5.74) is 0.617. The number of carbonyl (C=O) groups excluding carboxylic acids is 1. The van der Waals surface area contributed by atoms with E-state index >= 15 is 0 Å². The van der Waals surface area contributed by atoms with E-state index in [0.29, 0.717) is 10.8 Å². The number of nitrogens with one attached hydrogen (secondary N) is 3. The lowest BCUT2D eigenvalue weighted by molar-refractivity contribution is -0.139. The molecule has 0 saturated heterocycles. The average molecular weight is 310 g/mol. The van der Waals surface area contributed by atoms with Crippen molar-refractivity contribution >= 4 is 28.5 Å². The van der Waals surface area contributed by atoms with Crippen molar-refractivity contribution < 1.29 is 14.7 Å². The molecule has 10 heteroatoms. The molecule has 0 aliphatic rings. The molecule has 112 valence electrons. The molecule has 0 fully saturated rings. The lowest BCUT2D eigenvalue weighted by atomic mass is 10.2. The molecular formula is C11H14N6O3S. The van der Waals surface area contributed by atoms with Crippen molar-refractivity contribution in [2.45, 2.75) is 25.8 Å². The minimum Gasteiger partial charge on any atom is -0.480 e. The number of aromatic nitrogens is 4. The molecule has 0 saturated carbocycles. The van der Waals surface area contributed by atoms with Crippen molar-refractivity contribution in [3.63, 3.8) is 0 Å². The zero-order valence-electron chi connectivity index (χ0n) is 11.2. The number of anilines is 1. The van der Waals surface area contributed by atoms with Crippen molar-refractivity contribution in [1.29, 1.82) is 0 Å². The monoisotopic (exact) mass is 310 g/mol. The van der Waals surface area contributed by atoms with Crippen LogP contribution in [0.1, 0.15) is 17.6 Å². The first kappa shape index (κ1) is 14.9. The van der Waals surface area contributed by atoms with Gasteiger partial charge >= 0.3 is 12.0 Å². The molecule has 0 radical (unpaired) electrons. The fourth-order valence-electron chi connectivity index (χ4n) is 1.55. The molecule has 4 N–H and O–H groups in total. The number of amides is 2. The Bertz CT molecular complexity index is 611. The van der Waals surface area contributed by atoms with Crippen molar-refractivity contribution in [2.24, 2.45) is 0 Å². The van der Waals surface area contributed by atoms with Crippen LogP contribution in [0.25, 0.3) is 0 Å². The zero-order valence-corrected chi connectivity index (χ0v) is 12.0.